The summed E-state index contributed by atoms with van der Waals surface area (Å²) in [7, 11) is 1.76. The van der Waals surface area contributed by atoms with Gasteiger partial charge in [-0.25, -0.2) is 0 Å². The van der Waals surface area contributed by atoms with Gasteiger partial charge in [-0.2, -0.15) is 0 Å². The lowest BCUT2D eigenvalue weighted by atomic mass is 9.94. The maximum atomic E-state index is 6.25. The van der Waals surface area contributed by atoms with Gasteiger partial charge in [-0.1, -0.05) is 13.8 Å². The van der Waals surface area contributed by atoms with Gasteiger partial charge in [0.25, 0.3) is 0 Å². The van der Waals surface area contributed by atoms with Crippen LogP contribution in [0.15, 0.2) is 4.99 Å². The lowest BCUT2D eigenvalue weighted by Crippen LogP contribution is -2.52. The molecule has 0 aromatic carbocycles. The van der Waals surface area contributed by atoms with Crippen molar-refractivity contribution < 1.29 is 14.2 Å². The van der Waals surface area contributed by atoms with Gasteiger partial charge in [-0.05, 0) is 12.8 Å². The maximum Gasteiger partial charge on any atom is 0.191 e. The highest BCUT2D eigenvalue weighted by atomic mass is 16.5. The molecule has 0 radical (unpaired) electrons. The largest absolute Gasteiger partial charge is 0.381 e. The molecule has 6 heteroatoms. The van der Waals surface area contributed by atoms with E-state index in [1.165, 1.54) is 0 Å². The van der Waals surface area contributed by atoms with E-state index in [4.69, 9.17) is 19.9 Å². The Hall–Kier alpha value is -0.850. The van der Waals surface area contributed by atoms with Crippen molar-refractivity contribution in [3.8, 4) is 0 Å². The molecule has 0 saturated carbocycles. The van der Waals surface area contributed by atoms with Crippen LogP contribution in [0.3, 0.4) is 0 Å². The van der Waals surface area contributed by atoms with Crippen LogP contribution in [-0.4, -0.2) is 68.6 Å². The van der Waals surface area contributed by atoms with E-state index in [0.29, 0.717) is 12.5 Å². The Balaban J connectivity index is 1.97. The minimum atomic E-state index is -0.219. The van der Waals surface area contributed by atoms with E-state index in [-0.39, 0.29) is 17.8 Å². The van der Waals surface area contributed by atoms with E-state index in [1.807, 2.05) is 0 Å². The highest BCUT2D eigenvalue weighted by molar-refractivity contribution is 5.78. The summed E-state index contributed by atoms with van der Waals surface area (Å²) in [4.78, 5) is 6.80. The zero-order valence-corrected chi connectivity index (χ0v) is 14.2. The molecule has 6 nitrogen and oxygen atoms in total. The Morgan fingerprint density at radius 3 is 2.32 bits per heavy atom. The van der Waals surface area contributed by atoms with Crippen molar-refractivity contribution in [3.63, 3.8) is 0 Å². The fourth-order valence-electron chi connectivity index (χ4n) is 3.06. The first-order chi connectivity index (χ1) is 10.6. The summed E-state index contributed by atoms with van der Waals surface area (Å²) in [6.45, 7) is 8.01. The first-order valence-corrected chi connectivity index (χ1v) is 8.45. The molecular formula is C16H31N3O3. The Morgan fingerprint density at radius 2 is 1.82 bits per heavy atom. The fraction of sp³-hybridized carbons (Fsp3) is 0.938. The molecule has 0 spiro atoms. The van der Waals surface area contributed by atoms with Crippen molar-refractivity contribution in [2.45, 2.75) is 57.3 Å². The first kappa shape index (κ1) is 17.5. The van der Waals surface area contributed by atoms with Crippen LogP contribution in [0.2, 0.25) is 0 Å². The minimum Gasteiger partial charge on any atom is -0.381 e. The summed E-state index contributed by atoms with van der Waals surface area (Å²) < 4.78 is 17.1. The molecule has 2 atom stereocenters. The third-order valence-electron chi connectivity index (χ3n) is 4.83. The number of guanidine groups is 1. The molecule has 0 aromatic rings. The lowest BCUT2D eigenvalue weighted by molar-refractivity contribution is -0.0835. The first-order valence-electron chi connectivity index (χ1n) is 8.45. The van der Waals surface area contributed by atoms with Gasteiger partial charge in [-0.3, -0.25) is 4.99 Å². The van der Waals surface area contributed by atoms with Gasteiger partial charge in [0.2, 0.25) is 0 Å². The Morgan fingerprint density at radius 1 is 1.23 bits per heavy atom. The van der Waals surface area contributed by atoms with E-state index >= 15 is 0 Å². The Labute approximate surface area is 134 Å². The third-order valence-corrected chi connectivity index (χ3v) is 4.83. The highest BCUT2D eigenvalue weighted by Crippen LogP contribution is 2.25. The van der Waals surface area contributed by atoms with E-state index in [0.717, 1.165) is 52.0 Å². The number of ether oxygens (including phenoxy) is 3. The number of nitrogens with two attached hydrogens (primary N) is 1. The molecule has 2 heterocycles. The number of morpholine rings is 1. The molecule has 2 rings (SSSR count). The second kappa shape index (κ2) is 8.13. The number of methoxy groups -OCH3 is 1. The van der Waals surface area contributed by atoms with E-state index < -0.39 is 0 Å². The summed E-state index contributed by atoms with van der Waals surface area (Å²) >= 11 is 0. The number of aliphatic imine (C=N–C) groups is 1. The van der Waals surface area contributed by atoms with Gasteiger partial charge < -0.3 is 24.8 Å². The summed E-state index contributed by atoms with van der Waals surface area (Å²) in [5, 5.41) is 0. The number of nitrogens with zero attached hydrogens (tertiary/aromatic N) is 2. The van der Waals surface area contributed by atoms with E-state index in [1.54, 1.807) is 7.11 Å². The van der Waals surface area contributed by atoms with Crippen molar-refractivity contribution in [1.82, 2.24) is 4.90 Å². The number of rotatable bonds is 5. The van der Waals surface area contributed by atoms with Crippen molar-refractivity contribution in [2.24, 2.45) is 10.7 Å². The molecule has 0 aliphatic carbocycles. The van der Waals surface area contributed by atoms with Gasteiger partial charge in [0.1, 0.15) is 0 Å². The molecule has 22 heavy (non-hydrogen) atoms. The summed E-state index contributed by atoms with van der Waals surface area (Å²) in [5.41, 5.74) is 6.03. The van der Waals surface area contributed by atoms with Crippen LogP contribution < -0.4 is 5.73 Å². The second-order valence-electron chi connectivity index (χ2n) is 6.28. The van der Waals surface area contributed by atoms with Gasteiger partial charge in [0.15, 0.2) is 5.96 Å². The predicted octanol–water partition coefficient (Wildman–Crippen LogP) is 1.39. The van der Waals surface area contributed by atoms with Gasteiger partial charge in [0, 0.05) is 46.3 Å². The molecule has 2 aliphatic rings. The van der Waals surface area contributed by atoms with Crippen LogP contribution in [0.5, 0.6) is 0 Å². The molecule has 2 fully saturated rings. The molecule has 2 N–H and O–H groups in total. The molecule has 128 valence electrons. The molecule has 2 saturated heterocycles. The molecular weight excluding hydrogens is 282 g/mol. The maximum absolute atomic E-state index is 6.25. The quantitative estimate of drug-likeness (QED) is 0.613. The zero-order chi connectivity index (χ0) is 16.0. The van der Waals surface area contributed by atoms with Crippen molar-refractivity contribution in [3.05, 3.63) is 0 Å². The van der Waals surface area contributed by atoms with Crippen LogP contribution in [-0.2, 0) is 14.2 Å². The third kappa shape index (κ3) is 4.33. The molecule has 2 unspecified atom stereocenters. The van der Waals surface area contributed by atoms with Gasteiger partial charge in [0.05, 0.1) is 24.4 Å². The van der Waals surface area contributed by atoms with Crippen LogP contribution in [0.25, 0.3) is 0 Å². The van der Waals surface area contributed by atoms with E-state index in [9.17, 15) is 0 Å². The van der Waals surface area contributed by atoms with Gasteiger partial charge >= 0.3 is 0 Å². The Kier molecular flexibility index (Phi) is 6.47. The van der Waals surface area contributed by atoms with Crippen molar-refractivity contribution in [1.29, 1.82) is 0 Å². The lowest BCUT2D eigenvalue weighted by Gasteiger charge is -2.39. The Bertz CT molecular complexity index is 358. The minimum absolute atomic E-state index is 0.219. The fourth-order valence-corrected chi connectivity index (χ4v) is 3.06. The molecule has 0 bridgehead atoms. The topological polar surface area (TPSA) is 69.3 Å². The van der Waals surface area contributed by atoms with E-state index in [2.05, 4.69) is 23.7 Å². The highest BCUT2D eigenvalue weighted by Gasteiger charge is 2.33. The van der Waals surface area contributed by atoms with Gasteiger partial charge in [-0.15, -0.1) is 0 Å². The van der Waals surface area contributed by atoms with Crippen LogP contribution in [0.1, 0.15) is 39.5 Å². The average Bonchev–Trinajstić information content (AvgIpc) is 2.59. The number of hydrogen-bond acceptors (Lipinski definition) is 4. The normalized spacial score (nSPS) is 29.6. The van der Waals surface area contributed by atoms with Crippen LogP contribution in [0.4, 0.5) is 0 Å². The predicted molar refractivity (Wildman–Crippen MR) is 87.1 cm³/mol. The monoisotopic (exact) mass is 313 g/mol. The summed E-state index contributed by atoms with van der Waals surface area (Å²) in [5.74, 6) is 0.614. The molecule has 0 aromatic heterocycles. The van der Waals surface area contributed by atoms with Crippen LogP contribution >= 0.6 is 0 Å². The smallest absolute Gasteiger partial charge is 0.191 e. The number of hydrogen-bond donors (Lipinski definition) is 1. The van der Waals surface area contributed by atoms with Crippen molar-refractivity contribution in [2.75, 3.05) is 40.0 Å². The zero-order valence-electron chi connectivity index (χ0n) is 14.2. The summed E-state index contributed by atoms with van der Waals surface area (Å²) in [6, 6.07) is 0. The standard InChI is InChI=1S/C16H31N3O3/c1-4-13-10-19(11-14(5-2)22-13)15(17)18-12-16(20-3)6-8-21-9-7-16/h13-14H,4-12H2,1-3H3,(H2,17,18). The van der Waals surface area contributed by atoms with Crippen molar-refractivity contribution >= 4 is 5.96 Å². The molecule has 0 amide bonds. The summed E-state index contributed by atoms with van der Waals surface area (Å²) in [6.07, 6.45) is 4.23. The molecule has 2 aliphatic heterocycles. The average molecular weight is 313 g/mol. The second-order valence-corrected chi connectivity index (χ2v) is 6.28. The van der Waals surface area contributed by atoms with Crippen LogP contribution in [0, 0.1) is 0 Å². The SMILES string of the molecule is CCC1CN(C(N)=NCC2(OC)CCOCC2)CC(CC)O1.